The highest BCUT2D eigenvalue weighted by molar-refractivity contribution is 5.91. The second-order valence-corrected chi connectivity index (χ2v) is 9.59. The van der Waals surface area contributed by atoms with Crippen molar-refractivity contribution in [1.29, 1.82) is 0 Å². The van der Waals surface area contributed by atoms with Gasteiger partial charge in [-0.25, -0.2) is 0 Å². The lowest BCUT2D eigenvalue weighted by Crippen LogP contribution is -2.65. The molecule has 0 unspecified atom stereocenters. The maximum Gasteiger partial charge on any atom is 0.271 e. The molecule has 188 valence electrons. The van der Waals surface area contributed by atoms with Gasteiger partial charge in [0.1, 0.15) is 42.7 Å². The average molecular weight is 481 g/mol. The summed E-state index contributed by atoms with van der Waals surface area (Å²) in [6.07, 6.45) is -7.85. The molecule has 11 nitrogen and oxygen atoms in total. The minimum atomic E-state index is -1.75. The predicted molar refractivity (Wildman–Crippen MR) is 114 cm³/mol. The first-order valence-electron chi connectivity index (χ1n) is 11.4. The van der Waals surface area contributed by atoms with E-state index in [1.54, 1.807) is 0 Å². The van der Waals surface area contributed by atoms with Gasteiger partial charge in [0.2, 0.25) is 0 Å². The molecule has 4 aliphatic rings. The van der Waals surface area contributed by atoms with Gasteiger partial charge in [0, 0.05) is 0 Å². The van der Waals surface area contributed by atoms with Gasteiger partial charge in [-0.3, -0.25) is 0 Å². The van der Waals surface area contributed by atoms with Crippen LogP contribution in [-0.2, 0) is 35.1 Å². The highest BCUT2D eigenvalue weighted by Gasteiger charge is 2.62. The highest BCUT2D eigenvalue weighted by Crippen LogP contribution is 2.44. The van der Waals surface area contributed by atoms with Crippen LogP contribution in [0.5, 0.6) is 0 Å². The van der Waals surface area contributed by atoms with Gasteiger partial charge in [0.05, 0.1) is 32.0 Å². The molecule has 0 amide bonds. The smallest absolute Gasteiger partial charge is 0.271 e. The van der Waals surface area contributed by atoms with Gasteiger partial charge < -0.3 is 48.9 Å². The van der Waals surface area contributed by atoms with Gasteiger partial charge in [-0.05, 0) is 19.4 Å². The molecule has 4 heterocycles. The molecule has 0 saturated carbocycles. The predicted octanol–water partition coefficient (Wildman–Crippen LogP) is -0.563. The minimum absolute atomic E-state index is 0.0519. The fraction of sp³-hybridized carbons (Fsp3) is 0.696. The summed E-state index contributed by atoms with van der Waals surface area (Å²) in [7, 11) is 0. The van der Waals surface area contributed by atoms with E-state index in [-0.39, 0.29) is 13.0 Å². The van der Waals surface area contributed by atoms with Crippen LogP contribution in [0.4, 0.5) is 0 Å². The van der Waals surface area contributed by atoms with E-state index in [0.29, 0.717) is 12.3 Å². The molecule has 11 heteroatoms. The van der Waals surface area contributed by atoms with Crippen LogP contribution >= 0.6 is 0 Å². The second-order valence-electron chi connectivity index (χ2n) is 9.59. The summed E-state index contributed by atoms with van der Waals surface area (Å²) in [5, 5.41) is 44.5. The normalized spacial score (nSPS) is 43.1. The molecule has 1 aromatic rings. The van der Waals surface area contributed by atoms with E-state index in [0.717, 1.165) is 5.56 Å². The number of aliphatic hydroxyl groups excluding tert-OH is 4. The molecular weight excluding hydrogens is 450 g/mol. The summed E-state index contributed by atoms with van der Waals surface area (Å²) >= 11 is 0. The van der Waals surface area contributed by atoms with Crippen LogP contribution in [0.25, 0.3) is 0 Å². The van der Waals surface area contributed by atoms with E-state index >= 15 is 0 Å². The fourth-order valence-corrected chi connectivity index (χ4v) is 4.99. The number of aliphatic hydroxyl groups is 4. The lowest BCUT2D eigenvalue weighted by Gasteiger charge is -2.44. The summed E-state index contributed by atoms with van der Waals surface area (Å²) in [6, 6.07) is 9.78. The molecule has 5 rings (SSSR count). The van der Waals surface area contributed by atoms with Crippen molar-refractivity contribution in [3.05, 3.63) is 35.9 Å². The van der Waals surface area contributed by atoms with Crippen LogP contribution in [0.3, 0.4) is 0 Å². The molecular formula is C23H31NO10. The molecule has 0 bridgehead atoms. The Bertz CT molecular complexity index is 895. The lowest BCUT2D eigenvalue weighted by atomic mass is 9.88. The van der Waals surface area contributed by atoms with Crippen molar-refractivity contribution in [3.8, 4) is 0 Å². The van der Waals surface area contributed by atoms with E-state index in [1.165, 1.54) is 0 Å². The molecule has 1 aromatic carbocycles. The number of hydrogen-bond acceptors (Lipinski definition) is 11. The Kier molecular flexibility index (Phi) is 6.42. The average Bonchev–Trinajstić information content (AvgIpc) is 3.48. The Labute approximate surface area is 196 Å². The van der Waals surface area contributed by atoms with E-state index < -0.39 is 67.0 Å². The van der Waals surface area contributed by atoms with Crippen molar-refractivity contribution in [2.75, 3.05) is 13.2 Å². The lowest BCUT2D eigenvalue weighted by molar-refractivity contribution is -0.355. The number of fused-ring (bicyclic) bond motifs is 1. The van der Waals surface area contributed by atoms with Crippen LogP contribution in [0.1, 0.15) is 25.8 Å². The van der Waals surface area contributed by atoms with Crippen molar-refractivity contribution in [2.24, 2.45) is 5.16 Å². The van der Waals surface area contributed by atoms with Crippen LogP contribution in [0.2, 0.25) is 0 Å². The van der Waals surface area contributed by atoms with Gasteiger partial charge in [-0.15, -0.1) is 0 Å². The zero-order valence-corrected chi connectivity index (χ0v) is 19.0. The second kappa shape index (κ2) is 9.08. The molecule has 34 heavy (non-hydrogen) atoms. The zero-order chi connectivity index (χ0) is 24.1. The van der Waals surface area contributed by atoms with Crippen molar-refractivity contribution >= 4 is 5.71 Å². The summed E-state index contributed by atoms with van der Waals surface area (Å²) in [5.74, 6) is -2.59. The molecule has 0 radical (unpaired) electrons. The number of ether oxygens (including phenoxy) is 5. The first-order chi connectivity index (χ1) is 16.2. The van der Waals surface area contributed by atoms with Crippen LogP contribution in [-0.4, -0.2) is 99.8 Å². The first kappa shape index (κ1) is 24.0. The number of rotatable bonds is 6. The number of nitrogens with zero attached hydrogens (tertiary/aromatic N) is 1. The largest absolute Gasteiger partial charge is 0.394 e. The van der Waals surface area contributed by atoms with Gasteiger partial charge in [-0.1, -0.05) is 35.5 Å². The summed E-state index contributed by atoms with van der Waals surface area (Å²) in [5.41, 5.74) is 1.44. The van der Waals surface area contributed by atoms with Crippen molar-refractivity contribution in [3.63, 3.8) is 0 Å². The maximum absolute atomic E-state index is 10.6. The Morgan fingerprint density at radius 2 is 1.74 bits per heavy atom. The van der Waals surface area contributed by atoms with E-state index in [1.807, 2.05) is 44.2 Å². The topological polar surface area (TPSA) is 149 Å². The summed E-state index contributed by atoms with van der Waals surface area (Å²) < 4.78 is 30.0. The van der Waals surface area contributed by atoms with Crippen molar-refractivity contribution in [2.45, 2.75) is 87.3 Å². The fourth-order valence-electron chi connectivity index (χ4n) is 4.99. The van der Waals surface area contributed by atoms with Gasteiger partial charge in [0.25, 0.3) is 5.79 Å². The van der Waals surface area contributed by atoms with Crippen LogP contribution < -0.4 is 0 Å². The molecule has 4 aliphatic heterocycles. The third kappa shape index (κ3) is 4.25. The van der Waals surface area contributed by atoms with E-state index in [2.05, 4.69) is 5.16 Å². The molecule has 0 aromatic heterocycles. The van der Waals surface area contributed by atoms with Gasteiger partial charge >= 0.3 is 0 Å². The summed E-state index contributed by atoms with van der Waals surface area (Å²) in [4.78, 5) is 5.47. The van der Waals surface area contributed by atoms with E-state index in [9.17, 15) is 20.4 Å². The van der Waals surface area contributed by atoms with Gasteiger partial charge in [0.15, 0.2) is 11.9 Å². The highest BCUT2D eigenvalue weighted by atomic mass is 16.8. The van der Waals surface area contributed by atoms with Crippen molar-refractivity contribution in [1.82, 2.24) is 0 Å². The quantitative estimate of drug-likeness (QED) is 0.416. The molecule has 3 fully saturated rings. The third-order valence-electron chi connectivity index (χ3n) is 6.65. The van der Waals surface area contributed by atoms with Crippen LogP contribution in [0, 0.1) is 0 Å². The van der Waals surface area contributed by atoms with Gasteiger partial charge in [-0.2, -0.15) is 0 Å². The molecule has 0 aliphatic carbocycles. The Morgan fingerprint density at radius 1 is 1.00 bits per heavy atom. The van der Waals surface area contributed by atoms with Crippen LogP contribution in [0.15, 0.2) is 35.5 Å². The van der Waals surface area contributed by atoms with E-state index in [4.69, 9.17) is 28.5 Å². The monoisotopic (exact) mass is 481 g/mol. The Hall–Kier alpha value is -1.67. The maximum atomic E-state index is 10.6. The standard InChI is InChI=1S/C23H31NO10/c1-22(2)32-19-15(11-29-10-12-6-4-3-5-7-12)30-18(20(19)33-22)13-8-23(34-24-13)21(28)17(27)16(26)14(9-25)31-23/h3-7,14-21,25-28H,8-11H2,1-2H3/t14-,15+,16-,17+,18+,19-,20+,21-,23-/m1/s1. The number of benzene rings is 1. The molecule has 4 N–H and O–H groups in total. The molecule has 9 atom stereocenters. The Balaban J connectivity index is 1.28. The first-order valence-corrected chi connectivity index (χ1v) is 11.4. The summed E-state index contributed by atoms with van der Waals surface area (Å²) in [6.45, 7) is 3.75. The third-order valence-corrected chi connectivity index (χ3v) is 6.65. The SMILES string of the molecule is CC1(C)O[C@@H]2[C@H](O1)[C@H](COCc1ccccc1)O[C@H]2C1=NO[C@@]2(C1)O[C@H](CO)[C@@H](O)[C@H](O)[C@H]2O. The minimum Gasteiger partial charge on any atom is -0.394 e. The number of hydrogen-bond donors (Lipinski definition) is 4. The molecule has 3 saturated heterocycles. The van der Waals surface area contributed by atoms with Crippen molar-refractivity contribution < 1.29 is 48.9 Å². The Morgan fingerprint density at radius 3 is 2.47 bits per heavy atom. The molecule has 1 spiro atoms. The number of oxime groups is 1. The zero-order valence-electron chi connectivity index (χ0n) is 19.0.